The summed E-state index contributed by atoms with van der Waals surface area (Å²) in [6.45, 7) is 3.68. The summed E-state index contributed by atoms with van der Waals surface area (Å²) >= 11 is 0. The molecule has 0 N–H and O–H groups in total. The highest BCUT2D eigenvalue weighted by atomic mass is 19.1. The molecule has 2 aromatic rings. The van der Waals surface area contributed by atoms with Crippen LogP contribution in [0.4, 0.5) is 10.2 Å². The predicted octanol–water partition coefficient (Wildman–Crippen LogP) is 1.77. The topological polar surface area (TPSA) is 69.6 Å². The molecule has 2 heterocycles. The summed E-state index contributed by atoms with van der Waals surface area (Å²) in [4.78, 5) is 39.1. The monoisotopic (exact) mass is 413 g/mol. The van der Waals surface area contributed by atoms with Crippen LogP contribution in [0.2, 0.25) is 0 Å². The van der Waals surface area contributed by atoms with Gasteiger partial charge >= 0.3 is 0 Å². The van der Waals surface area contributed by atoms with Gasteiger partial charge in [-0.3, -0.25) is 9.59 Å². The first-order valence-electron chi connectivity index (χ1n) is 10.1. The molecule has 0 spiro atoms. The van der Waals surface area contributed by atoms with E-state index in [-0.39, 0.29) is 30.0 Å². The Bertz CT molecular complexity index is 887. The number of nitrogens with zero attached hydrogens (tertiary/aromatic N) is 5. The SMILES string of the molecule is CC(=O)N1CCN(C(=O)Cc2ccc(F)cc2)C[C@H](Cc2cc(N(C)C)ncn2)C1. The first-order chi connectivity index (χ1) is 14.3. The number of carbonyl (C=O) groups excluding carboxylic acids is 2. The van der Waals surface area contributed by atoms with E-state index in [1.54, 1.807) is 30.3 Å². The van der Waals surface area contributed by atoms with Gasteiger partial charge in [0.15, 0.2) is 0 Å². The Morgan fingerprint density at radius 1 is 1.10 bits per heavy atom. The van der Waals surface area contributed by atoms with Crippen LogP contribution >= 0.6 is 0 Å². The van der Waals surface area contributed by atoms with Crippen molar-refractivity contribution in [2.75, 3.05) is 45.2 Å². The molecule has 0 saturated carbocycles. The van der Waals surface area contributed by atoms with Crippen LogP contribution in [0.5, 0.6) is 0 Å². The molecule has 0 radical (unpaired) electrons. The van der Waals surface area contributed by atoms with Gasteiger partial charge in [-0.15, -0.1) is 0 Å². The molecule has 2 amide bonds. The Hall–Kier alpha value is -3.03. The predicted molar refractivity (Wildman–Crippen MR) is 112 cm³/mol. The minimum atomic E-state index is -0.319. The van der Waals surface area contributed by atoms with Crippen molar-refractivity contribution >= 4 is 17.6 Å². The lowest BCUT2D eigenvalue weighted by Gasteiger charge is -2.24. The Labute approximate surface area is 176 Å². The molecule has 8 heteroatoms. The van der Waals surface area contributed by atoms with Crippen LogP contribution in [0.1, 0.15) is 18.2 Å². The van der Waals surface area contributed by atoms with Gasteiger partial charge in [-0.25, -0.2) is 14.4 Å². The molecule has 0 bridgehead atoms. The molecule has 1 saturated heterocycles. The zero-order valence-electron chi connectivity index (χ0n) is 17.7. The van der Waals surface area contributed by atoms with E-state index in [2.05, 4.69) is 9.97 Å². The van der Waals surface area contributed by atoms with Gasteiger partial charge in [0.2, 0.25) is 11.8 Å². The number of anilines is 1. The molecule has 1 aromatic carbocycles. The van der Waals surface area contributed by atoms with Crippen molar-refractivity contribution in [2.45, 2.75) is 19.8 Å². The number of carbonyl (C=O) groups is 2. The van der Waals surface area contributed by atoms with Gasteiger partial charge in [-0.05, 0) is 30.0 Å². The molecule has 3 rings (SSSR count). The normalized spacial score (nSPS) is 16.9. The zero-order valence-corrected chi connectivity index (χ0v) is 17.7. The van der Waals surface area contributed by atoms with Gasteiger partial charge in [0, 0.05) is 59.0 Å². The molecule has 1 aromatic heterocycles. The van der Waals surface area contributed by atoms with Crippen LogP contribution in [0.3, 0.4) is 0 Å². The molecule has 0 unspecified atom stereocenters. The van der Waals surface area contributed by atoms with Gasteiger partial charge < -0.3 is 14.7 Å². The van der Waals surface area contributed by atoms with E-state index in [1.165, 1.54) is 12.1 Å². The number of hydrogen-bond donors (Lipinski definition) is 0. The summed E-state index contributed by atoms with van der Waals surface area (Å²) in [6, 6.07) is 7.93. The van der Waals surface area contributed by atoms with Crippen molar-refractivity contribution in [3.05, 3.63) is 53.7 Å². The zero-order chi connectivity index (χ0) is 21.7. The molecule has 0 aliphatic carbocycles. The number of benzene rings is 1. The summed E-state index contributed by atoms with van der Waals surface area (Å²) in [5, 5.41) is 0. The van der Waals surface area contributed by atoms with Crippen molar-refractivity contribution in [1.29, 1.82) is 0 Å². The second-order valence-corrected chi connectivity index (χ2v) is 7.94. The van der Waals surface area contributed by atoms with Crippen LogP contribution < -0.4 is 4.90 Å². The Morgan fingerprint density at radius 3 is 2.43 bits per heavy atom. The van der Waals surface area contributed by atoms with Crippen molar-refractivity contribution in [1.82, 2.24) is 19.8 Å². The first-order valence-corrected chi connectivity index (χ1v) is 10.1. The van der Waals surface area contributed by atoms with Crippen molar-refractivity contribution in [2.24, 2.45) is 5.92 Å². The third-order valence-electron chi connectivity index (χ3n) is 5.33. The van der Waals surface area contributed by atoms with Crippen molar-refractivity contribution in [3.63, 3.8) is 0 Å². The molecule has 1 aliphatic heterocycles. The highest BCUT2D eigenvalue weighted by Gasteiger charge is 2.27. The fraction of sp³-hybridized carbons (Fsp3) is 0.455. The van der Waals surface area contributed by atoms with E-state index in [0.29, 0.717) is 32.6 Å². The maximum absolute atomic E-state index is 13.1. The second kappa shape index (κ2) is 9.65. The highest BCUT2D eigenvalue weighted by molar-refractivity contribution is 5.79. The Kier molecular flexibility index (Phi) is 6.97. The van der Waals surface area contributed by atoms with Crippen LogP contribution in [0.15, 0.2) is 36.7 Å². The van der Waals surface area contributed by atoms with Crippen LogP contribution in [0.25, 0.3) is 0 Å². The maximum Gasteiger partial charge on any atom is 0.227 e. The lowest BCUT2D eigenvalue weighted by molar-refractivity contribution is -0.132. The average Bonchev–Trinajstić information content (AvgIpc) is 2.93. The fourth-order valence-corrected chi connectivity index (χ4v) is 3.67. The van der Waals surface area contributed by atoms with E-state index in [4.69, 9.17) is 0 Å². The molecule has 1 fully saturated rings. The third-order valence-corrected chi connectivity index (χ3v) is 5.33. The van der Waals surface area contributed by atoms with Gasteiger partial charge in [-0.1, -0.05) is 12.1 Å². The Balaban J connectivity index is 1.74. The summed E-state index contributed by atoms with van der Waals surface area (Å²) in [6.07, 6.45) is 2.40. The third kappa shape index (κ3) is 5.75. The van der Waals surface area contributed by atoms with Crippen molar-refractivity contribution < 1.29 is 14.0 Å². The number of hydrogen-bond acceptors (Lipinski definition) is 5. The molecule has 1 aliphatic rings. The first kappa shape index (κ1) is 21.7. The smallest absolute Gasteiger partial charge is 0.227 e. The fourth-order valence-electron chi connectivity index (χ4n) is 3.67. The summed E-state index contributed by atoms with van der Waals surface area (Å²) in [5.74, 6) is 0.554. The maximum atomic E-state index is 13.1. The highest BCUT2D eigenvalue weighted by Crippen LogP contribution is 2.18. The van der Waals surface area contributed by atoms with Crippen LogP contribution in [-0.2, 0) is 22.4 Å². The molecule has 160 valence electrons. The lowest BCUT2D eigenvalue weighted by atomic mass is 10.0. The van der Waals surface area contributed by atoms with Gasteiger partial charge in [0.05, 0.1) is 6.42 Å². The average molecular weight is 413 g/mol. The molecular formula is C22H28FN5O2. The molecule has 30 heavy (non-hydrogen) atoms. The molecule has 1 atom stereocenters. The summed E-state index contributed by atoms with van der Waals surface area (Å²) in [5.41, 5.74) is 1.66. The van der Waals surface area contributed by atoms with E-state index < -0.39 is 0 Å². The molecule has 7 nitrogen and oxygen atoms in total. The van der Waals surface area contributed by atoms with E-state index in [1.807, 2.05) is 30.0 Å². The van der Waals surface area contributed by atoms with Crippen LogP contribution in [-0.4, -0.2) is 71.9 Å². The minimum absolute atomic E-state index is 0.00417. The number of amides is 2. The van der Waals surface area contributed by atoms with Gasteiger partial charge in [0.1, 0.15) is 18.0 Å². The summed E-state index contributed by atoms with van der Waals surface area (Å²) in [7, 11) is 3.84. The largest absolute Gasteiger partial charge is 0.363 e. The number of halogens is 1. The standard InChI is InChI=1S/C22H28FN5O2/c1-16(29)27-8-9-28(22(30)11-17-4-6-19(23)7-5-17)14-18(13-27)10-20-12-21(26(2)3)25-15-24-20/h4-7,12,15,18H,8-11,13-14H2,1-3H3/t18-/m1/s1. The van der Waals surface area contributed by atoms with E-state index in [9.17, 15) is 14.0 Å². The van der Waals surface area contributed by atoms with Crippen molar-refractivity contribution in [3.8, 4) is 0 Å². The lowest BCUT2D eigenvalue weighted by Crippen LogP contribution is -2.37. The van der Waals surface area contributed by atoms with Gasteiger partial charge in [0.25, 0.3) is 0 Å². The quantitative estimate of drug-likeness (QED) is 0.747. The van der Waals surface area contributed by atoms with Crippen LogP contribution in [0, 0.1) is 11.7 Å². The minimum Gasteiger partial charge on any atom is -0.363 e. The van der Waals surface area contributed by atoms with E-state index in [0.717, 1.165) is 17.1 Å². The number of rotatable bonds is 5. The molecular weight excluding hydrogens is 385 g/mol. The summed E-state index contributed by atoms with van der Waals surface area (Å²) < 4.78 is 13.1. The number of aromatic nitrogens is 2. The van der Waals surface area contributed by atoms with Gasteiger partial charge in [-0.2, -0.15) is 0 Å². The second-order valence-electron chi connectivity index (χ2n) is 7.94. The van der Waals surface area contributed by atoms with E-state index >= 15 is 0 Å². The Morgan fingerprint density at radius 2 is 1.77 bits per heavy atom.